The molecule has 0 atom stereocenters. The van der Waals surface area contributed by atoms with Crippen LogP contribution in [-0.2, 0) is 6.42 Å². The first kappa shape index (κ1) is 13.6. The second-order valence-electron chi connectivity index (χ2n) is 5.22. The molecule has 0 radical (unpaired) electrons. The van der Waals surface area contributed by atoms with Gasteiger partial charge in [-0.25, -0.2) is 0 Å². The molecule has 1 aliphatic heterocycles. The summed E-state index contributed by atoms with van der Waals surface area (Å²) >= 11 is 0. The number of para-hydroxylation sites is 1. The number of aryl methyl sites for hydroxylation is 2. The van der Waals surface area contributed by atoms with Gasteiger partial charge in [-0.2, -0.15) is 0 Å². The number of benzene rings is 1. The highest BCUT2D eigenvalue weighted by Crippen LogP contribution is 2.36. The van der Waals surface area contributed by atoms with Gasteiger partial charge in [0.1, 0.15) is 5.75 Å². The number of fused-ring (bicyclic) bond motifs is 1. The molecule has 21 heavy (non-hydrogen) atoms. The van der Waals surface area contributed by atoms with Crippen molar-refractivity contribution in [3.63, 3.8) is 0 Å². The van der Waals surface area contributed by atoms with Crippen LogP contribution in [0, 0.1) is 6.92 Å². The van der Waals surface area contributed by atoms with Gasteiger partial charge in [0.15, 0.2) is 0 Å². The molecule has 0 fully saturated rings. The van der Waals surface area contributed by atoms with Gasteiger partial charge in [-0.05, 0) is 43.5 Å². The van der Waals surface area contributed by atoms with Crippen molar-refractivity contribution < 1.29 is 9.53 Å². The van der Waals surface area contributed by atoms with Crippen LogP contribution in [0.2, 0.25) is 0 Å². The van der Waals surface area contributed by atoms with Crippen LogP contribution < -0.4 is 9.64 Å². The Balaban J connectivity index is 2.01. The number of amides is 1. The predicted molar refractivity (Wildman–Crippen MR) is 82.0 cm³/mol. The average Bonchev–Trinajstić information content (AvgIpc) is 2.53. The minimum absolute atomic E-state index is 0.0204. The molecule has 1 aromatic heterocycles. The summed E-state index contributed by atoms with van der Waals surface area (Å²) in [5.41, 5.74) is 3.58. The van der Waals surface area contributed by atoms with Gasteiger partial charge in [0.25, 0.3) is 5.91 Å². The maximum atomic E-state index is 12.8. The molecule has 0 spiro atoms. The smallest absolute Gasteiger partial charge is 0.259 e. The Kier molecular flexibility index (Phi) is 3.60. The second-order valence-corrected chi connectivity index (χ2v) is 5.22. The molecule has 4 nitrogen and oxygen atoms in total. The first-order valence-corrected chi connectivity index (χ1v) is 7.11. The van der Waals surface area contributed by atoms with Crippen molar-refractivity contribution in [1.82, 2.24) is 4.98 Å². The van der Waals surface area contributed by atoms with Gasteiger partial charge in [0.05, 0.1) is 18.4 Å². The fraction of sp³-hybridized carbons (Fsp3) is 0.294. The van der Waals surface area contributed by atoms with Crippen molar-refractivity contribution in [3.8, 4) is 5.75 Å². The maximum Gasteiger partial charge on any atom is 0.259 e. The van der Waals surface area contributed by atoms with Crippen molar-refractivity contribution in [2.45, 2.75) is 19.8 Å². The minimum atomic E-state index is -0.0204. The molecular formula is C17H18N2O2. The van der Waals surface area contributed by atoms with Crippen molar-refractivity contribution in [3.05, 3.63) is 53.3 Å². The molecule has 0 bridgehead atoms. The molecule has 0 aliphatic carbocycles. The first-order valence-electron chi connectivity index (χ1n) is 7.11. The predicted octanol–water partition coefficient (Wildman–Crippen LogP) is 2.99. The highest BCUT2D eigenvalue weighted by Gasteiger charge is 2.26. The number of methoxy groups -OCH3 is 1. The van der Waals surface area contributed by atoms with Crippen LogP contribution >= 0.6 is 0 Å². The van der Waals surface area contributed by atoms with Crippen molar-refractivity contribution in [1.29, 1.82) is 0 Å². The lowest BCUT2D eigenvalue weighted by atomic mass is 10.00. The number of anilines is 1. The maximum absolute atomic E-state index is 12.8. The quantitative estimate of drug-likeness (QED) is 0.850. The minimum Gasteiger partial charge on any atom is -0.495 e. The lowest BCUT2D eigenvalue weighted by molar-refractivity contribution is 0.0984. The molecule has 1 amide bonds. The van der Waals surface area contributed by atoms with Crippen molar-refractivity contribution in [2.75, 3.05) is 18.6 Å². The van der Waals surface area contributed by atoms with Gasteiger partial charge in [-0.1, -0.05) is 12.1 Å². The summed E-state index contributed by atoms with van der Waals surface area (Å²) in [5.74, 6) is 0.730. The number of pyridine rings is 1. The van der Waals surface area contributed by atoms with Gasteiger partial charge in [0.2, 0.25) is 0 Å². The summed E-state index contributed by atoms with van der Waals surface area (Å²) in [6, 6.07) is 9.62. The fourth-order valence-electron chi connectivity index (χ4n) is 2.73. The van der Waals surface area contributed by atoms with Gasteiger partial charge in [-0.15, -0.1) is 0 Å². The SMILES string of the molecule is COc1cccc2c1N(C(=O)c1ccc(C)nc1)CCC2. The van der Waals surface area contributed by atoms with Crippen LogP contribution in [-0.4, -0.2) is 24.5 Å². The third-order valence-electron chi connectivity index (χ3n) is 3.80. The van der Waals surface area contributed by atoms with E-state index in [0.717, 1.165) is 35.5 Å². The van der Waals surface area contributed by atoms with Crippen LogP contribution in [0.3, 0.4) is 0 Å². The third kappa shape index (κ3) is 2.49. The van der Waals surface area contributed by atoms with Gasteiger partial charge < -0.3 is 9.64 Å². The number of carbonyl (C=O) groups excluding carboxylic acids is 1. The molecule has 4 heteroatoms. The zero-order valence-corrected chi connectivity index (χ0v) is 12.3. The number of carbonyl (C=O) groups is 1. The molecular weight excluding hydrogens is 264 g/mol. The molecule has 0 unspecified atom stereocenters. The summed E-state index contributed by atoms with van der Waals surface area (Å²) in [7, 11) is 1.64. The number of aromatic nitrogens is 1. The highest BCUT2D eigenvalue weighted by molar-refractivity contribution is 6.07. The lowest BCUT2D eigenvalue weighted by Crippen LogP contribution is -2.35. The topological polar surface area (TPSA) is 42.4 Å². The van der Waals surface area contributed by atoms with E-state index in [0.29, 0.717) is 12.1 Å². The highest BCUT2D eigenvalue weighted by atomic mass is 16.5. The van der Waals surface area contributed by atoms with Crippen LogP contribution in [0.1, 0.15) is 28.0 Å². The van der Waals surface area contributed by atoms with Crippen LogP contribution in [0.5, 0.6) is 5.75 Å². The van der Waals surface area contributed by atoms with E-state index in [2.05, 4.69) is 11.1 Å². The van der Waals surface area contributed by atoms with Crippen molar-refractivity contribution >= 4 is 11.6 Å². The molecule has 2 heterocycles. The normalized spacial score (nSPS) is 13.7. The fourth-order valence-corrected chi connectivity index (χ4v) is 2.73. The standard InChI is InChI=1S/C17H18N2O2/c1-12-8-9-14(11-18-12)17(20)19-10-4-6-13-5-3-7-15(21-2)16(13)19/h3,5,7-9,11H,4,6,10H2,1-2H3. The largest absolute Gasteiger partial charge is 0.495 e. The van der Waals surface area contributed by atoms with Gasteiger partial charge in [-0.3, -0.25) is 9.78 Å². The Bertz CT molecular complexity index is 651. The van der Waals surface area contributed by atoms with Gasteiger partial charge >= 0.3 is 0 Å². The zero-order valence-electron chi connectivity index (χ0n) is 12.3. The van der Waals surface area contributed by atoms with E-state index in [9.17, 15) is 4.79 Å². The second kappa shape index (κ2) is 5.56. The molecule has 0 saturated carbocycles. The van der Waals surface area contributed by atoms with E-state index >= 15 is 0 Å². The van der Waals surface area contributed by atoms with E-state index in [1.54, 1.807) is 13.3 Å². The van der Waals surface area contributed by atoms with Crippen LogP contribution in [0.4, 0.5) is 5.69 Å². The Morgan fingerprint density at radius 2 is 2.14 bits per heavy atom. The molecule has 0 saturated heterocycles. The molecule has 3 rings (SSSR count). The molecule has 1 aliphatic rings. The Labute approximate surface area is 124 Å². The van der Waals surface area contributed by atoms with Crippen LogP contribution in [0.15, 0.2) is 36.5 Å². The number of ether oxygens (including phenoxy) is 1. The first-order chi connectivity index (χ1) is 10.2. The van der Waals surface area contributed by atoms with E-state index in [4.69, 9.17) is 4.74 Å². The van der Waals surface area contributed by atoms with E-state index in [1.165, 1.54) is 0 Å². The summed E-state index contributed by atoms with van der Waals surface area (Å²) in [6.45, 7) is 2.62. The number of hydrogen-bond donors (Lipinski definition) is 0. The van der Waals surface area contributed by atoms with Crippen LogP contribution in [0.25, 0.3) is 0 Å². The van der Waals surface area contributed by atoms with E-state index in [-0.39, 0.29) is 5.91 Å². The Hall–Kier alpha value is -2.36. The Morgan fingerprint density at radius 1 is 1.29 bits per heavy atom. The van der Waals surface area contributed by atoms with E-state index in [1.807, 2.05) is 36.1 Å². The molecule has 108 valence electrons. The van der Waals surface area contributed by atoms with Crippen molar-refractivity contribution in [2.24, 2.45) is 0 Å². The molecule has 2 aromatic rings. The zero-order chi connectivity index (χ0) is 14.8. The summed E-state index contributed by atoms with van der Waals surface area (Å²) in [4.78, 5) is 18.8. The number of rotatable bonds is 2. The number of hydrogen-bond acceptors (Lipinski definition) is 3. The molecule has 1 aromatic carbocycles. The molecule has 0 N–H and O–H groups in total. The Morgan fingerprint density at radius 3 is 2.86 bits per heavy atom. The summed E-state index contributed by atoms with van der Waals surface area (Å²) in [5, 5.41) is 0. The number of nitrogens with zero attached hydrogens (tertiary/aromatic N) is 2. The monoisotopic (exact) mass is 282 g/mol. The summed E-state index contributed by atoms with van der Waals surface area (Å²) < 4.78 is 5.44. The third-order valence-corrected chi connectivity index (χ3v) is 3.80. The summed E-state index contributed by atoms with van der Waals surface area (Å²) in [6.07, 6.45) is 3.58. The average molecular weight is 282 g/mol. The lowest BCUT2D eigenvalue weighted by Gasteiger charge is -2.30. The van der Waals surface area contributed by atoms with E-state index < -0.39 is 0 Å². The van der Waals surface area contributed by atoms with Gasteiger partial charge in [0, 0.05) is 18.4 Å².